The maximum Gasteiger partial charge on any atom is 0.343 e. The second kappa shape index (κ2) is 7.42. The number of nitrogens with two attached hydrogens (primary N) is 1. The molecule has 3 N–H and O–H groups in total. The lowest BCUT2D eigenvalue weighted by Crippen LogP contribution is -2.26. The van der Waals surface area contributed by atoms with Crippen molar-refractivity contribution in [2.45, 2.75) is 49.7 Å². The van der Waals surface area contributed by atoms with Gasteiger partial charge in [0, 0.05) is 25.0 Å². The van der Waals surface area contributed by atoms with Gasteiger partial charge in [-0.15, -0.1) is 5.10 Å². The normalized spacial score (nSPS) is 14.0. The predicted molar refractivity (Wildman–Crippen MR) is 84.2 cm³/mol. The third-order valence-electron chi connectivity index (χ3n) is 3.28. The molecule has 2 heterocycles. The Morgan fingerprint density at radius 2 is 2.29 bits per heavy atom. The van der Waals surface area contributed by atoms with Crippen LogP contribution in [0, 0.1) is 0 Å². The molecule has 0 aliphatic carbocycles. The van der Waals surface area contributed by atoms with Gasteiger partial charge in [0.05, 0.1) is 5.25 Å². The first kappa shape index (κ1) is 15.8. The van der Waals surface area contributed by atoms with Gasteiger partial charge < -0.3 is 5.73 Å². The summed E-state index contributed by atoms with van der Waals surface area (Å²) in [6.45, 7) is 4.74. The average Bonchev–Trinajstić information content (AvgIpc) is 2.86. The Morgan fingerprint density at radius 1 is 1.48 bits per heavy atom. The smallest absolute Gasteiger partial charge is 0.326 e. The fraction of sp³-hybridized carbons (Fsp3) is 0.500. The highest BCUT2D eigenvalue weighted by Crippen LogP contribution is 2.36. The van der Waals surface area contributed by atoms with Crippen LogP contribution in [0.2, 0.25) is 0 Å². The molecule has 2 unspecified atom stereocenters. The lowest BCUT2D eigenvalue weighted by Gasteiger charge is -2.22. The number of nitrogens with zero attached hydrogens (tertiary/aromatic N) is 3. The number of hydrogen-bond acceptors (Lipinski definition) is 5. The first-order valence-electron chi connectivity index (χ1n) is 7.14. The van der Waals surface area contributed by atoms with Crippen molar-refractivity contribution in [2.75, 3.05) is 0 Å². The Kier molecular flexibility index (Phi) is 5.58. The van der Waals surface area contributed by atoms with Gasteiger partial charge in [0.25, 0.3) is 0 Å². The lowest BCUT2D eigenvalue weighted by atomic mass is 10.1. The molecule has 2 rings (SSSR count). The molecular weight excluding hydrogens is 286 g/mol. The van der Waals surface area contributed by atoms with Crippen LogP contribution < -0.4 is 11.4 Å². The zero-order valence-electron chi connectivity index (χ0n) is 12.3. The summed E-state index contributed by atoms with van der Waals surface area (Å²) < 4.78 is 1.66. The molecule has 6 nitrogen and oxygen atoms in total. The predicted octanol–water partition coefficient (Wildman–Crippen LogP) is 1.95. The zero-order chi connectivity index (χ0) is 15.2. The highest BCUT2D eigenvalue weighted by Gasteiger charge is 2.23. The molecule has 7 heteroatoms. The highest BCUT2D eigenvalue weighted by molar-refractivity contribution is 7.99. The van der Waals surface area contributed by atoms with Crippen LogP contribution in [0.15, 0.2) is 34.5 Å². The number of aromatic amines is 1. The fourth-order valence-electron chi connectivity index (χ4n) is 2.09. The summed E-state index contributed by atoms with van der Waals surface area (Å²) in [5.74, 6) is 0. The van der Waals surface area contributed by atoms with E-state index in [1.807, 2.05) is 25.3 Å². The molecule has 114 valence electrons. The Hall–Kier alpha value is -1.60. The van der Waals surface area contributed by atoms with Gasteiger partial charge in [0.2, 0.25) is 0 Å². The molecule has 2 aromatic rings. The minimum Gasteiger partial charge on any atom is -0.326 e. The molecule has 0 spiro atoms. The van der Waals surface area contributed by atoms with E-state index in [1.54, 1.807) is 10.8 Å². The number of rotatable bonds is 7. The first-order chi connectivity index (χ1) is 10.2. The Balaban J connectivity index is 2.30. The van der Waals surface area contributed by atoms with E-state index in [2.05, 4.69) is 22.1 Å². The van der Waals surface area contributed by atoms with Gasteiger partial charge in [-0.3, -0.25) is 9.55 Å². The summed E-state index contributed by atoms with van der Waals surface area (Å²) in [5.41, 5.74) is 7.13. The third kappa shape index (κ3) is 3.74. The van der Waals surface area contributed by atoms with Crippen LogP contribution in [0.1, 0.15) is 37.5 Å². The van der Waals surface area contributed by atoms with E-state index >= 15 is 0 Å². The summed E-state index contributed by atoms with van der Waals surface area (Å²) in [5, 5.41) is 7.35. The monoisotopic (exact) mass is 307 g/mol. The van der Waals surface area contributed by atoms with Crippen LogP contribution >= 0.6 is 11.8 Å². The number of hydrogen-bond donors (Lipinski definition) is 2. The summed E-state index contributed by atoms with van der Waals surface area (Å²) in [6, 6.07) is 3.88. The van der Waals surface area contributed by atoms with Gasteiger partial charge in [0.15, 0.2) is 5.16 Å². The SMILES string of the molecule is CCCn1c(SC(c2cccnc2)C(N)CC)n[nH]c1=O. The van der Waals surface area contributed by atoms with Gasteiger partial charge >= 0.3 is 5.69 Å². The molecule has 0 aromatic carbocycles. The summed E-state index contributed by atoms with van der Waals surface area (Å²) >= 11 is 1.52. The van der Waals surface area contributed by atoms with Crippen molar-refractivity contribution in [1.82, 2.24) is 19.7 Å². The molecule has 0 bridgehead atoms. The summed E-state index contributed by atoms with van der Waals surface area (Å²) in [4.78, 5) is 15.9. The Labute approximate surface area is 128 Å². The molecule has 21 heavy (non-hydrogen) atoms. The van der Waals surface area contributed by atoms with E-state index in [0.717, 1.165) is 18.4 Å². The second-order valence-corrected chi connectivity index (χ2v) is 5.97. The molecule has 0 saturated heterocycles. The van der Waals surface area contributed by atoms with Crippen LogP contribution in [0.25, 0.3) is 0 Å². The van der Waals surface area contributed by atoms with E-state index in [1.165, 1.54) is 11.8 Å². The van der Waals surface area contributed by atoms with Crippen LogP contribution in [0.4, 0.5) is 0 Å². The largest absolute Gasteiger partial charge is 0.343 e. The Morgan fingerprint density at radius 3 is 2.90 bits per heavy atom. The van der Waals surface area contributed by atoms with Crippen molar-refractivity contribution in [1.29, 1.82) is 0 Å². The van der Waals surface area contributed by atoms with Crippen molar-refractivity contribution < 1.29 is 0 Å². The molecule has 0 aliphatic rings. The zero-order valence-corrected chi connectivity index (χ0v) is 13.1. The molecule has 0 aliphatic heterocycles. The van der Waals surface area contributed by atoms with Crippen molar-refractivity contribution in [2.24, 2.45) is 5.73 Å². The van der Waals surface area contributed by atoms with Crippen molar-refractivity contribution in [3.63, 3.8) is 0 Å². The standard InChI is InChI=1S/C14H21N5OS/c1-3-8-19-13(20)17-18-14(19)21-12(11(15)4-2)10-6-5-7-16-9-10/h5-7,9,11-12H,3-4,8,15H2,1-2H3,(H,17,20). The van der Waals surface area contributed by atoms with E-state index in [0.29, 0.717) is 11.7 Å². The summed E-state index contributed by atoms with van der Waals surface area (Å²) in [7, 11) is 0. The minimum absolute atomic E-state index is 0.0227. The average molecular weight is 307 g/mol. The lowest BCUT2D eigenvalue weighted by molar-refractivity contribution is 0.594. The van der Waals surface area contributed by atoms with E-state index < -0.39 is 0 Å². The third-order valence-corrected chi connectivity index (χ3v) is 4.67. The number of H-pyrrole nitrogens is 1. The van der Waals surface area contributed by atoms with Gasteiger partial charge in [-0.1, -0.05) is 31.7 Å². The van der Waals surface area contributed by atoms with Crippen LogP contribution in [-0.2, 0) is 6.54 Å². The number of aromatic nitrogens is 4. The second-order valence-electron chi connectivity index (χ2n) is 4.86. The minimum atomic E-state index is -0.172. The molecule has 0 amide bonds. The quantitative estimate of drug-likeness (QED) is 0.763. The number of thioether (sulfide) groups is 1. The highest BCUT2D eigenvalue weighted by atomic mass is 32.2. The maximum absolute atomic E-state index is 11.8. The first-order valence-corrected chi connectivity index (χ1v) is 8.02. The molecule has 2 aromatic heterocycles. The topological polar surface area (TPSA) is 89.6 Å². The van der Waals surface area contributed by atoms with Crippen molar-refractivity contribution in [3.05, 3.63) is 40.6 Å². The Bertz CT molecular complexity index is 609. The van der Waals surface area contributed by atoms with Gasteiger partial charge in [0.1, 0.15) is 0 Å². The maximum atomic E-state index is 11.8. The van der Waals surface area contributed by atoms with Crippen LogP contribution in [0.3, 0.4) is 0 Å². The number of nitrogens with one attached hydrogen (secondary N) is 1. The summed E-state index contributed by atoms with van der Waals surface area (Å²) in [6.07, 6.45) is 5.28. The van der Waals surface area contributed by atoms with Crippen molar-refractivity contribution >= 4 is 11.8 Å². The van der Waals surface area contributed by atoms with Gasteiger partial charge in [-0.2, -0.15) is 0 Å². The molecule has 0 fully saturated rings. The van der Waals surface area contributed by atoms with Crippen LogP contribution in [0.5, 0.6) is 0 Å². The van der Waals surface area contributed by atoms with E-state index in [4.69, 9.17) is 5.73 Å². The molecule has 0 radical (unpaired) electrons. The van der Waals surface area contributed by atoms with E-state index in [-0.39, 0.29) is 17.0 Å². The van der Waals surface area contributed by atoms with Gasteiger partial charge in [-0.25, -0.2) is 9.89 Å². The van der Waals surface area contributed by atoms with E-state index in [9.17, 15) is 4.79 Å². The molecule has 2 atom stereocenters. The fourth-order valence-corrected chi connectivity index (χ4v) is 3.36. The molecule has 0 saturated carbocycles. The van der Waals surface area contributed by atoms with Gasteiger partial charge in [-0.05, 0) is 24.5 Å². The van der Waals surface area contributed by atoms with Crippen molar-refractivity contribution in [3.8, 4) is 0 Å². The van der Waals surface area contributed by atoms with Crippen LogP contribution in [-0.4, -0.2) is 25.8 Å². The number of pyridine rings is 1. The molecular formula is C14H21N5OS.